The standard InChI is InChI=1S/C22H15ClF4N4/c23-13-3-6-17-16(11-13)15-8-10-31(21-28-9-7-18(30-21)22(25,26)27)20(19(15)29-17)12-1-4-14(24)5-2-12/h1-7,9,11,20,29H,8,10H2. The summed E-state index contributed by atoms with van der Waals surface area (Å²) < 4.78 is 53.3. The first kappa shape index (κ1) is 19.8. The summed E-state index contributed by atoms with van der Waals surface area (Å²) in [6.07, 6.45) is -2.91. The SMILES string of the molecule is Fc1ccc(C2c3[nH]c4ccc(Cl)cc4c3CCN2c2nccc(C(F)(F)F)n2)cc1. The molecule has 2 aromatic heterocycles. The van der Waals surface area contributed by atoms with Crippen LogP contribution >= 0.6 is 11.6 Å². The highest BCUT2D eigenvalue weighted by molar-refractivity contribution is 6.31. The zero-order valence-corrected chi connectivity index (χ0v) is 16.7. The van der Waals surface area contributed by atoms with Crippen molar-refractivity contribution in [2.45, 2.75) is 18.6 Å². The van der Waals surface area contributed by atoms with Crippen LogP contribution in [0.4, 0.5) is 23.5 Å². The Hall–Kier alpha value is -3.13. The highest BCUT2D eigenvalue weighted by Gasteiger charge is 2.36. The number of fused-ring (bicyclic) bond motifs is 3. The van der Waals surface area contributed by atoms with E-state index in [4.69, 9.17) is 11.6 Å². The lowest BCUT2D eigenvalue weighted by molar-refractivity contribution is -0.141. The van der Waals surface area contributed by atoms with Gasteiger partial charge in [0.2, 0.25) is 5.95 Å². The molecule has 9 heteroatoms. The third kappa shape index (κ3) is 3.50. The summed E-state index contributed by atoms with van der Waals surface area (Å²) in [5, 5.41) is 1.55. The number of nitrogens with zero attached hydrogens (tertiary/aromatic N) is 3. The predicted octanol–water partition coefficient (Wildman–Crippen LogP) is 5.92. The number of H-pyrrole nitrogens is 1. The van der Waals surface area contributed by atoms with E-state index >= 15 is 0 Å². The summed E-state index contributed by atoms with van der Waals surface area (Å²) in [5.41, 5.74) is 2.39. The van der Waals surface area contributed by atoms with Crippen molar-refractivity contribution >= 4 is 28.5 Å². The molecule has 0 amide bonds. The number of hydrogen-bond acceptors (Lipinski definition) is 3. The first-order valence-corrected chi connectivity index (χ1v) is 9.91. The lowest BCUT2D eigenvalue weighted by Gasteiger charge is -2.36. The summed E-state index contributed by atoms with van der Waals surface area (Å²) in [4.78, 5) is 13.0. The van der Waals surface area contributed by atoms with Gasteiger partial charge >= 0.3 is 6.18 Å². The van der Waals surface area contributed by atoms with Crippen molar-refractivity contribution in [1.82, 2.24) is 15.0 Å². The molecule has 0 saturated heterocycles. The van der Waals surface area contributed by atoms with Crippen LogP contribution in [-0.2, 0) is 12.6 Å². The number of alkyl halides is 3. The Labute approximate surface area is 179 Å². The minimum atomic E-state index is -4.58. The van der Waals surface area contributed by atoms with Crippen LogP contribution in [0.15, 0.2) is 54.7 Å². The van der Waals surface area contributed by atoms with Crippen LogP contribution in [0.5, 0.6) is 0 Å². The van der Waals surface area contributed by atoms with Crippen LogP contribution in [-0.4, -0.2) is 21.5 Å². The summed E-state index contributed by atoms with van der Waals surface area (Å²) >= 11 is 6.18. The summed E-state index contributed by atoms with van der Waals surface area (Å²) in [6.45, 7) is 0.385. The van der Waals surface area contributed by atoms with Crippen molar-refractivity contribution in [1.29, 1.82) is 0 Å². The Kier molecular flexibility index (Phi) is 4.62. The fourth-order valence-electron chi connectivity index (χ4n) is 4.11. The molecule has 5 rings (SSSR count). The van der Waals surface area contributed by atoms with Crippen molar-refractivity contribution in [3.8, 4) is 0 Å². The first-order chi connectivity index (χ1) is 14.8. The van der Waals surface area contributed by atoms with Gasteiger partial charge in [0.1, 0.15) is 11.5 Å². The van der Waals surface area contributed by atoms with Crippen LogP contribution in [0.2, 0.25) is 5.02 Å². The maximum atomic E-state index is 13.6. The normalized spacial score (nSPS) is 16.5. The van der Waals surface area contributed by atoms with Gasteiger partial charge in [-0.15, -0.1) is 0 Å². The number of benzene rings is 2. The second-order valence-corrected chi connectivity index (χ2v) is 7.78. The van der Waals surface area contributed by atoms with E-state index in [0.29, 0.717) is 23.6 Å². The molecule has 1 atom stereocenters. The molecule has 0 spiro atoms. The maximum Gasteiger partial charge on any atom is 0.433 e. The van der Waals surface area contributed by atoms with E-state index in [1.165, 1.54) is 12.1 Å². The number of hydrogen-bond donors (Lipinski definition) is 1. The topological polar surface area (TPSA) is 44.8 Å². The van der Waals surface area contributed by atoms with Gasteiger partial charge in [0.05, 0.1) is 6.04 Å². The van der Waals surface area contributed by atoms with Crippen LogP contribution in [0.3, 0.4) is 0 Å². The maximum absolute atomic E-state index is 13.6. The molecule has 31 heavy (non-hydrogen) atoms. The molecule has 4 nitrogen and oxygen atoms in total. The van der Waals surface area contributed by atoms with E-state index in [9.17, 15) is 17.6 Å². The van der Waals surface area contributed by atoms with Gasteiger partial charge in [-0.25, -0.2) is 14.4 Å². The van der Waals surface area contributed by atoms with E-state index in [1.807, 2.05) is 12.1 Å². The van der Waals surface area contributed by atoms with Gasteiger partial charge in [0, 0.05) is 34.4 Å². The molecule has 4 aromatic rings. The van der Waals surface area contributed by atoms with E-state index in [1.54, 1.807) is 23.1 Å². The van der Waals surface area contributed by atoms with Gasteiger partial charge < -0.3 is 9.88 Å². The molecule has 0 saturated carbocycles. The van der Waals surface area contributed by atoms with Crippen molar-refractivity contribution in [2.75, 3.05) is 11.4 Å². The van der Waals surface area contributed by atoms with Gasteiger partial charge in [-0.2, -0.15) is 13.2 Å². The van der Waals surface area contributed by atoms with E-state index in [2.05, 4.69) is 15.0 Å². The highest BCUT2D eigenvalue weighted by Crippen LogP contribution is 2.41. The Morgan fingerprint density at radius 1 is 1.06 bits per heavy atom. The van der Waals surface area contributed by atoms with Gasteiger partial charge in [-0.3, -0.25) is 0 Å². The number of anilines is 1. The van der Waals surface area contributed by atoms with Crippen molar-refractivity contribution in [2.24, 2.45) is 0 Å². The molecule has 3 heterocycles. The smallest absolute Gasteiger partial charge is 0.356 e. The quantitative estimate of drug-likeness (QED) is 0.389. The second-order valence-electron chi connectivity index (χ2n) is 7.34. The van der Waals surface area contributed by atoms with E-state index in [-0.39, 0.29) is 5.95 Å². The molecular weight excluding hydrogens is 432 g/mol. The third-order valence-corrected chi connectivity index (χ3v) is 5.70. The molecule has 0 radical (unpaired) electrons. The number of nitrogens with one attached hydrogen (secondary N) is 1. The highest BCUT2D eigenvalue weighted by atomic mass is 35.5. The fraction of sp³-hybridized carbons (Fsp3) is 0.182. The summed E-state index contributed by atoms with van der Waals surface area (Å²) in [6, 6.07) is 11.7. The summed E-state index contributed by atoms with van der Waals surface area (Å²) in [5.74, 6) is -0.434. The zero-order valence-electron chi connectivity index (χ0n) is 15.9. The van der Waals surface area contributed by atoms with E-state index < -0.39 is 23.7 Å². The molecule has 1 unspecified atom stereocenters. The molecule has 1 aliphatic heterocycles. The van der Waals surface area contributed by atoms with Crippen molar-refractivity contribution < 1.29 is 17.6 Å². The summed E-state index contributed by atoms with van der Waals surface area (Å²) in [7, 11) is 0. The molecule has 0 aliphatic carbocycles. The third-order valence-electron chi connectivity index (χ3n) is 5.46. The largest absolute Gasteiger partial charge is 0.433 e. The van der Waals surface area contributed by atoms with Gasteiger partial charge in [0.25, 0.3) is 0 Å². The van der Waals surface area contributed by atoms with Gasteiger partial charge in [0.15, 0.2) is 0 Å². The molecule has 0 bridgehead atoms. The lowest BCUT2D eigenvalue weighted by atomic mass is 9.92. The predicted molar refractivity (Wildman–Crippen MR) is 110 cm³/mol. The number of halogens is 5. The Morgan fingerprint density at radius 3 is 2.58 bits per heavy atom. The van der Waals surface area contributed by atoms with Crippen LogP contribution in [0.25, 0.3) is 10.9 Å². The van der Waals surface area contributed by atoms with Crippen LogP contribution < -0.4 is 4.90 Å². The molecular formula is C22H15ClF4N4. The zero-order chi connectivity index (χ0) is 21.8. The van der Waals surface area contributed by atoms with Gasteiger partial charge in [-0.05, 0) is 53.9 Å². The first-order valence-electron chi connectivity index (χ1n) is 9.53. The van der Waals surface area contributed by atoms with Crippen LogP contribution in [0, 0.1) is 5.82 Å². The average molecular weight is 447 g/mol. The van der Waals surface area contributed by atoms with Crippen LogP contribution in [0.1, 0.15) is 28.6 Å². The Balaban J connectivity index is 1.69. The Bertz CT molecular complexity index is 1270. The molecule has 2 aromatic carbocycles. The second kappa shape index (κ2) is 7.23. The molecule has 158 valence electrons. The molecule has 1 aliphatic rings. The number of aromatic nitrogens is 3. The van der Waals surface area contributed by atoms with Crippen molar-refractivity contribution in [3.63, 3.8) is 0 Å². The van der Waals surface area contributed by atoms with Gasteiger partial charge in [-0.1, -0.05) is 23.7 Å². The lowest BCUT2D eigenvalue weighted by Crippen LogP contribution is -2.37. The minimum Gasteiger partial charge on any atom is -0.356 e. The molecule has 0 fully saturated rings. The average Bonchev–Trinajstić information content (AvgIpc) is 3.11. The monoisotopic (exact) mass is 446 g/mol. The van der Waals surface area contributed by atoms with Crippen molar-refractivity contribution in [3.05, 3.63) is 88.1 Å². The Morgan fingerprint density at radius 2 is 1.84 bits per heavy atom. The van der Waals surface area contributed by atoms with E-state index in [0.717, 1.165) is 34.4 Å². The fourth-order valence-corrected chi connectivity index (χ4v) is 4.28. The number of aromatic amines is 1. The number of rotatable bonds is 2. The minimum absolute atomic E-state index is 0.0357. The molecule has 1 N–H and O–H groups in total.